The molecule has 34 heavy (non-hydrogen) atoms. The molecule has 7 heteroatoms. The number of halogens is 1. The third-order valence-electron chi connectivity index (χ3n) is 3.40. The van der Waals surface area contributed by atoms with Gasteiger partial charge in [0.15, 0.2) is 0 Å². The highest BCUT2D eigenvalue weighted by Crippen LogP contribution is 2.20. The fourth-order valence-corrected chi connectivity index (χ4v) is 3.33. The first kappa shape index (κ1) is 33.5. The molecule has 0 radical (unpaired) electrons. The number of hydrogen-bond donors (Lipinski definition) is 2. The predicted molar refractivity (Wildman–Crippen MR) is 156 cm³/mol. The van der Waals surface area contributed by atoms with Crippen LogP contribution in [-0.4, -0.2) is 31.2 Å². The van der Waals surface area contributed by atoms with E-state index in [0.717, 1.165) is 17.2 Å². The third kappa shape index (κ3) is 22.6. The first-order valence-electron chi connectivity index (χ1n) is 11.2. The summed E-state index contributed by atoms with van der Waals surface area (Å²) in [6, 6.07) is 12.3. The van der Waals surface area contributed by atoms with Gasteiger partial charge in [0.1, 0.15) is 6.29 Å². The molecular weight excluding hydrogens is 508 g/mol. The summed E-state index contributed by atoms with van der Waals surface area (Å²) in [5.41, 5.74) is 9.45. The zero-order chi connectivity index (χ0) is 26.0. The number of benzene rings is 1. The molecule has 0 bridgehead atoms. The van der Waals surface area contributed by atoms with Gasteiger partial charge in [-0.05, 0) is 53.9 Å². The summed E-state index contributed by atoms with van der Waals surface area (Å²) >= 11 is 5.03. The van der Waals surface area contributed by atoms with Crippen molar-refractivity contribution in [3.63, 3.8) is 0 Å². The monoisotopic (exact) mass is 548 g/mol. The van der Waals surface area contributed by atoms with Crippen LogP contribution in [-0.2, 0) is 11.2 Å². The smallest absolute Gasteiger partial charge is 0.213 e. The number of nitrogens with two attached hydrogens (primary N) is 1. The van der Waals surface area contributed by atoms with E-state index in [1.54, 1.807) is 22.4 Å². The largest absolute Gasteiger partial charge is 0.368 e. The standard InChI is InChI=1S/C9H10.C8H16N4.C7H7BrOS.C3H8/c1-2-6-9-7-4-3-5-8-9;1-4-5-6-7-10-11-8(9)12(2)3;8-6-4-7(10-5-6)2-1-3-9;1-3-2/h2-8H,1H3;4-7,10H,1-3H3,(H2,9,11);3-5H,1-2H2;3H2,1-2H3/b6-2+;5-4-,7-6-;;. The normalized spacial score (nSPS) is 10.6. The highest BCUT2D eigenvalue weighted by molar-refractivity contribution is 9.10. The van der Waals surface area contributed by atoms with Gasteiger partial charge in [-0.2, -0.15) is 0 Å². The van der Waals surface area contributed by atoms with Gasteiger partial charge >= 0.3 is 0 Å². The second-order valence-electron chi connectivity index (χ2n) is 6.93. The van der Waals surface area contributed by atoms with E-state index in [9.17, 15) is 4.79 Å². The highest BCUT2D eigenvalue weighted by Gasteiger charge is 1.95. The van der Waals surface area contributed by atoms with Gasteiger partial charge in [-0.1, -0.05) is 74.9 Å². The zero-order valence-electron chi connectivity index (χ0n) is 21.4. The lowest BCUT2D eigenvalue weighted by Crippen LogP contribution is -2.31. The lowest BCUT2D eigenvalue weighted by molar-refractivity contribution is -0.107. The average molecular weight is 550 g/mol. The van der Waals surface area contributed by atoms with Crippen LogP contribution in [0.4, 0.5) is 0 Å². The number of thiophene rings is 1. The molecular formula is C27H41BrN4OS. The van der Waals surface area contributed by atoms with Crippen LogP contribution in [0.15, 0.2) is 81.9 Å². The van der Waals surface area contributed by atoms with E-state index in [4.69, 9.17) is 5.73 Å². The van der Waals surface area contributed by atoms with Crippen molar-refractivity contribution in [3.05, 3.63) is 87.2 Å². The van der Waals surface area contributed by atoms with Gasteiger partial charge in [0.2, 0.25) is 5.96 Å². The van der Waals surface area contributed by atoms with Crippen LogP contribution in [0, 0.1) is 0 Å². The highest BCUT2D eigenvalue weighted by atomic mass is 79.9. The predicted octanol–water partition coefficient (Wildman–Crippen LogP) is 7.24. The van der Waals surface area contributed by atoms with Crippen molar-refractivity contribution in [1.29, 1.82) is 0 Å². The van der Waals surface area contributed by atoms with E-state index in [1.165, 1.54) is 16.9 Å². The molecule has 5 nitrogen and oxygen atoms in total. The fourth-order valence-electron chi connectivity index (χ4n) is 1.86. The summed E-state index contributed by atoms with van der Waals surface area (Å²) < 4.78 is 1.11. The van der Waals surface area contributed by atoms with Crippen molar-refractivity contribution < 1.29 is 4.79 Å². The van der Waals surface area contributed by atoms with Crippen LogP contribution in [0.5, 0.6) is 0 Å². The minimum atomic E-state index is 0.445. The van der Waals surface area contributed by atoms with E-state index in [-0.39, 0.29) is 0 Å². The molecule has 0 aliphatic carbocycles. The Kier molecular flexibility index (Phi) is 24.6. The number of hydrazone groups is 1. The molecule has 2 rings (SSSR count). The van der Waals surface area contributed by atoms with Crippen molar-refractivity contribution in [1.82, 2.24) is 10.3 Å². The van der Waals surface area contributed by atoms with Gasteiger partial charge in [0, 0.05) is 41.4 Å². The average Bonchev–Trinajstić information content (AvgIpc) is 3.24. The molecule has 0 aliphatic heterocycles. The van der Waals surface area contributed by atoms with E-state index < -0.39 is 0 Å². The number of carbonyl (C=O) groups excluding carboxylic acids is 1. The van der Waals surface area contributed by atoms with Crippen LogP contribution in [0.25, 0.3) is 6.08 Å². The van der Waals surface area contributed by atoms with Gasteiger partial charge in [-0.3, -0.25) is 5.43 Å². The van der Waals surface area contributed by atoms with Crippen molar-refractivity contribution in [3.8, 4) is 0 Å². The Labute approximate surface area is 219 Å². The molecule has 0 spiro atoms. The molecule has 0 amide bonds. The van der Waals surface area contributed by atoms with Crippen LogP contribution < -0.4 is 11.2 Å². The molecule has 1 aromatic heterocycles. The number of guanidine groups is 1. The molecule has 1 heterocycles. The number of hydrogen-bond acceptors (Lipinski definition) is 4. The molecule has 0 unspecified atom stereocenters. The van der Waals surface area contributed by atoms with Gasteiger partial charge in [0.05, 0.1) is 0 Å². The van der Waals surface area contributed by atoms with Crippen molar-refractivity contribution in [2.45, 2.75) is 47.0 Å². The van der Waals surface area contributed by atoms with Crippen LogP contribution >= 0.6 is 27.3 Å². The minimum Gasteiger partial charge on any atom is -0.368 e. The molecule has 1 aromatic carbocycles. The second-order valence-corrected chi connectivity index (χ2v) is 8.84. The number of rotatable bonds is 7. The van der Waals surface area contributed by atoms with E-state index in [0.29, 0.717) is 12.4 Å². The molecule has 0 saturated heterocycles. The zero-order valence-corrected chi connectivity index (χ0v) is 23.8. The maximum atomic E-state index is 9.98. The number of carbonyl (C=O) groups is 1. The lowest BCUT2D eigenvalue weighted by Gasteiger charge is -2.08. The van der Waals surface area contributed by atoms with Crippen molar-refractivity contribution in [2.24, 2.45) is 10.8 Å². The molecule has 0 fully saturated rings. The second kappa shape index (κ2) is 25.0. The molecule has 3 N–H and O–H groups in total. The van der Waals surface area contributed by atoms with Crippen LogP contribution in [0.1, 0.15) is 51.0 Å². The minimum absolute atomic E-state index is 0.445. The van der Waals surface area contributed by atoms with Gasteiger partial charge in [-0.15, -0.1) is 16.4 Å². The summed E-state index contributed by atoms with van der Waals surface area (Å²) in [6.07, 6.45) is 15.2. The molecule has 0 aliphatic rings. The van der Waals surface area contributed by atoms with Crippen LogP contribution in [0.3, 0.4) is 0 Å². The number of aldehydes is 1. The summed E-state index contributed by atoms with van der Waals surface area (Å²) in [5.74, 6) is 0.445. The summed E-state index contributed by atoms with van der Waals surface area (Å²) in [7, 11) is 3.66. The van der Waals surface area contributed by atoms with E-state index in [2.05, 4.69) is 58.5 Å². The Hall–Kier alpha value is -2.64. The maximum absolute atomic E-state index is 9.98. The molecule has 0 atom stereocenters. The molecule has 0 saturated carbocycles. The summed E-state index contributed by atoms with van der Waals surface area (Å²) in [6.45, 7) is 8.22. The Morgan fingerprint density at radius 2 is 1.79 bits per heavy atom. The fraction of sp³-hybridized carbons (Fsp3) is 0.333. The summed E-state index contributed by atoms with van der Waals surface area (Å²) in [5, 5.41) is 5.87. The SMILES string of the molecule is C/C=C/c1ccccc1.C/C=C\C=C/N/N=C(/N)N(C)C.CCC.O=CCCc1cc(Br)cs1. The summed E-state index contributed by atoms with van der Waals surface area (Å²) in [4.78, 5) is 13.0. The Morgan fingerprint density at radius 3 is 2.26 bits per heavy atom. The van der Waals surface area contributed by atoms with Gasteiger partial charge in [-0.25, -0.2) is 0 Å². The number of aryl methyl sites for hydroxylation is 1. The lowest BCUT2D eigenvalue weighted by atomic mass is 10.2. The first-order valence-corrected chi connectivity index (χ1v) is 12.9. The van der Waals surface area contributed by atoms with Gasteiger partial charge < -0.3 is 15.4 Å². The van der Waals surface area contributed by atoms with E-state index in [1.807, 2.05) is 81.9 Å². The Bertz CT molecular complexity index is 843. The number of allylic oxidation sites excluding steroid dienone is 4. The van der Waals surface area contributed by atoms with Crippen molar-refractivity contribution >= 4 is 45.6 Å². The number of nitrogens with zero attached hydrogens (tertiary/aromatic N) is 2. The molecule has 2 aromatic rings. The van der Waals surface area contributed by atoms with Crippen molar-refractivity contribution in [2.75, 3.05) is 14.1 Å². The first-order chi connectivity index (χ1) is 16.4. The number of nitrogens with one attached hydrogen (secondary N) is 1. The van der Waals surface area contributed by atoms with E-state index >= 15 is 0 Å². The maximum Gasteiger partial charge on any atom is 0.213 e. The van der Waals surface area contributed by atoms with Crippen LogP contribution in [0.2, 0.25) is 0 Å². The molecule has 188 valence electrons. The topological polar surface area (TPSA) is 70.7 Å². The van der Waals surface area contributed by atoms with Gasteiger partial charge in [0.25, 0.3) is 0 Å². The quantitative estimate of drug-likeness (QED) is 0.126. The Morgan fingerprint density at radius 1 is 1.15 bits per heavy atom. The third-order valence-corrected chi connectivity index (χ3v) is 5.16. The Balaban J connectivity index is 0.